The average Bonchev–Trinajstić information content (AvgIpc) is 3.28. The van der Waals surface area contributed by atoms with Gasteiger partial charge < -0.3 is 15.1 Å². The highest BCUT2D eigenvalue weighted by atomic mass is 35.5. The number of hydrogen-bond donors (Lipinski definition) is 1. The zero-order valence-electron chi connectivity index (χ0n) is 17.7. The van der Waals surface area contributed by atoms with Gasteiger partial charge in [-0.3, -0.25) is 0 Å². The number of benzene rings is 1. The second-order valence-electron chi connectivity index (χ2n) is 7.91. The first kappa shape index (κ1) is 21.0. The van der Waals surface area contributed by atoms with E-state index >= 15 is 0 Å². The molecule has 1 aliphatic rings. The van der Waals surface area contributed by atoms with E-state index < -0.39 is 0 Å². The molecule has 0 atom stereocenters. The van der Waals surface area contributed by atoms with E-state index in [2.05, 4.69) is 39.4 Å². The van der Waals surface area contributed by atoms with Crippen LogP contribution in [0, 0.1) is 0 Å². The van der Waals surface area contributed by atoms with Crippen molar-refractivity contribution in [1.82, 2.24) is 24.5 Å². The quantitative estimate of drug-likeness (QED) is 0.467. The van der Waals surface area contributed by atoms with Crippen LogP contribution in [0.1, 0.15) is 5.56 Å². The molecule has 7 nitrogen and oxygen atoms in total. The SMILES string of the molecule is CN1CCN(c2ccc(-c3cc(NCc4ccc(Cl)cc4Cl)n4nccc4n3)cn2)CC1. The fourth-order valence-electron chi connectivity index (χ4n) is 3.80. The van der Waals surface area contributed by atoms with E-state index in [0.29, 0.717) is 16.6 Å². The summed E-state index contributed by atoms with van der Waals surface area (Å²) in [5, 5.41) is 9.06. The van der Waals surface area contributed by atoms with E-state index in [1.807, 2.05) is 30.5 Å². The maximum atomic E-state index is 6.33. The lowest BCUT2D eigenvalue weighted by molar-refractivity contribution is 0.312. The van der Waals surface area contributed by atoms with Gasteiger partial charge in [0.25, 0.3) is 0 Å². The third-order valence-corrected chi connectivity index (χ3v) is 6.29. The zero-order valence-corrected chi connectivity index (χ0v) is 19.2. The molecule has 1 fully saturated rings. The second-order valence-corrected chi connectivity index (χ2v) is 8.76. The molecule has 5 rings (SSSR count). The van der Waals surface area contributed by atoms with Gasteiger partial charge in [-0.1, -0.05) is 29.3 Å². The molecule has 4 aromatic rings. The molecule has 0 radical (unpaired) electrons. The Morgan fingerprint density at radius 1 is 1.00 bits per heavy atom. The molecular formula is C23H23Cl2N7. The normalized spacial score (nSPS) is 14.8. The lowest BCUT2D eigenvalue weighted by Gasteiger charge is -2.33. The van der Waals surface area contributed by atoms with Gasteiger partial charge in [0.2, 0.25) is 0 Å². The molecule has 164 valence electrons. The fourth-order valence-corrected chi connectivity index (χ4v) is 4.27. The number of rotatable bonds is 5. The number of pyridine rings is 1. The predicted octanol–water partition coefficient (Wildman–Crippen LogP) is 4.46. The van der Waals surface area contributed by atoms with E-state index in [4.69, 9.17) is 33.2 Å². The smallest absolute Gasteiger partial charge is 0.157 e. The Morgan fingerprint density at radius 3 is 2.59 bits per heavy atom. The summed E-state index contributed by atoms with van der Waals surface area (Å²) in [6.07, 6.45) is 3.63. The summed E-state index contributed by atoms with van der Waals surface area (Å²) in [4.78, 5) is 14.1. The minimum Gasteiger partial charge on any atom is -0.366 e. The molecule has 0 aliphatic carbocycles. The van der Waals surface area contributed by atoms with Gasteiger partial charge in [-0.2, -0.15) is 9.61 Å². The van der Waals surface area contributed by atoms with Crippen molar-refractivity contribution in [2.75, 3.05) is 43.4 Å². The first-order valence-corrected chi connectivity index (χ1v) is 11.2. The number of anilines is 2. The van der Waals surface area contributed by atoms with Crippen LogP contribution >= 0.6 is 23.2 Å². The molecule has 1 N–H and O–H groups in total. The van der Waals surface area contributed by atoms with Crippen molar-refractivity contribution in [1.29, 1.82) is 0 Å². The summed E-state index contributed by atoms with van der Waals surface area (Å²) in [5.41, 5.74) is 3.50. The molecule has 4 heterocycles. The van der Waals surface area contributed by atoms with Crippen molar-refractivity contribution in [2.45, 2.75) is 6.54 Å². The minimum atomic E-state index is 0.537. The monoisotopic (exact) mass is 467 g/mol. The lowest BCUT2D eigenvalue weighted by atomic mass is 10.2. The van der Waals surface area contributed by atoms with Crippen LogP contribution in [0.3, 0.4) is 0 Å². The molecule has 1 aromatic carbocycles. The topological polar surface area (TPSA) is 61.6 Å². The van der Waals surface area contributed by atoms with Crippen LogP contribution in [-0.4, -0.2) is 57.7 Å². The van der Waals surface area contributed by atoms with E-state index in [0.717, 1.165) is 60.3 Å². The Morgan fingerprint density at radius 2 is 1.84 bits per heavy atom. The van der Waals surface area contributed by atoms with Gasteiger partial charge in [-0.25, -0.2) is 9.97 Å². The Labute approximate surface area is 196 Å². The molecule has 1 aliphatic heterocycles. The van der Waals surface area contributed by atoms with E-state index in [1.165, 1.54) is 0 Å². The molecule has 0 bridgehead atoms. The summed E-state index contributed by atoms with van der Waals surface area (Å²) >= 11 is 12.3. The van der Waals surface area contributed by atoms with Crippen LogP contribution in [0.15, 0.2) is 54.9 Å². The van der Waals surface area contributed by atoms with Gasteiger partial charge >= 0.3 is 0 Å². The number of fused-ring (bicyclic) bond motifs is 1. The standard InChI is InChI=1S/C23H23Cl2N7/c1-30-8-10-31(11-9-30)21-5-3-17(15-26-21)20-13-23(32-22(29-20)6-7-28-32)27-14-16-2-4-18(24)12-19(16)25/h2-7,12-13,15,27H,8-11,14H2,1H3. The molecule has 0 saturated carbocycles. The second kappa shape index (κ2) is 8.94. The highest BCUT2D eigenvalue weighted by Crippen LogP contribution is 2.26. The van der Waals surface area contributed by atoms with E-state index in [1.54, 1.807) is 16.8 Å². The van der Waals surface area contributed by atoms with Gasteiger partial charge in [0.15, 0.2) is 5.65 Å². The van der Waals surface area contributed by atoms with Gasteiger partial charge in [-0.05, 0) is 36.9 Å². The number of halogens is 2. The summed E-state index contributed by atoms with van der Waals surface area (Å²) in [7, 11) is 2.15. The average molecular weight is 468 g/mol. The number of piperazine rings is 1. The van der Waals surface area contributed by atoms with Crippen LogP contribution in [0.5, 0.6) is 0 Å². The molecule has 1 saturated heterocycles. The molecule has 0 unspecified atom stereocenters. The number of hydrogen-bond acceptors (Lipinski definition) is 6. The third-order valence-electron chi connectivity index (χ3n) is 5.71. The molecule has 3 aromatic heterocycles. The van der Waals surface area contributed by atoms with Crippen LogP contribution < -0.4 is 10.2 Å². The lowest BCUT2D eigenvalue weighted by Crippen LogP contribution is -2.44. The Balaban J connectivity index is 1.40. The maximum absolute atomic E-state index is 6.33. The number of likely N-dealkylation sites (N-methyl/N-ethyl adjacent to an activating group) is 1. The number of nitrogens with zero attached hydrogens (tertiary/aromatic N) is 6. The first-order chi connectivity index (χ1) is 15.6. The summed E-state index contributed by atoms with van der Waals surface area (Å²) in [6, 6.07) is 13.5. The molecule has 9 heteroatoms. The van der Waals surface area contributed by atoms with Crippen molar-refractivity contribution in [3.8, 4) is 11.3 Å². The highest BCUT2D eigenvalue weighted by Gasteiger charge is 2.16. The molecule has 0 amide bonds. The molecule has 0 spiro atoms. The van der Waals surface area contributed by atoms with Crippen LogP contribution in [0.25, 0.3) is 16.9 Å². The van der Waals surface area contributed by atoms with Crippen molar-refractivity contribution >= 4 is 40.5 Å². The van der Waals surface area contributed by atoms with E-state index in [9.17, 15) is 0 Å². The maximum Gasteiger partial charge on any atom is 0.157 e. The van der Waals surface area contributed by atoms with Gasteiger partial charge in [0.05, 0.1) is 11.9 Å². The van der Waals surface area contributed by atoms with Crippen LogP contribution in [0.4, 0.5) is 11.6 Å². The minimum absolute atomic E-state index is 0.537. The van der Waals surface area contributed by atoms with Crippen molar-refractivity contribution < 1.29 is 0 Å². The van der Waals surface area contributed by atoms with Gasteiger partial charge in [-0.15, -0.1) is 0 Å². The zero-order chi connectivity index (χ0) is 22.1. The third kappa shape index (κ3) is 4.37. The van der Waals surface area contributed by atoms with Crippen LogP contribution in [-0.2, 0) is 6.54 Å². The molecular weight excluding hydrogens is 445 g/mol. The summed E-state index contributed by atoms with van der Waals surface area (Å²) < 4.78 is 1.78. The Kier molecular flexibility index (Phi) is 5.87. The summed E-state index contributed by atoms with van der Waals surface area (Å²) in [6.45, 7) is 4.62. The van der Waals surface area contributed by atoms with Crippen molar-refractivity contribution in [2.24, 2.45) is 0 Å². The van der Waals surface area contributed by atoms with E-state index in [-0.39, 0.29) is 0 Å². The van der Waals surface area contributed by atoms with Gasteiger partial charge in [0, 0.05) is 66.7 Å². The van der Waals surface area contributed by atoms with Gasteiger partial charge in [0.1, 0.15) is 11.6 Å². The Bertz CT molecular complexity index is 1230. The first-order valence-electron chi connectivity index (χ1n) is 10.5. The highest BCUT2D eigenvalue weighted by molar-refractivity contribution is 6.35. The molecule has 32 heavy (non-hydrogen) atoms. The fraction of sp³-hybridized carbons (Fsp3) is 0.261. The summed E-state index contributed by atoms with van der Waals surface area (Å²) in [5.74, 6) is 1.83. The largest absolute Gasteiger partial charge is 0.366 e. The number of nitrogens with one attached hydrogen (secondary N) is 1. The predicted molar refractivity (Wildman–Crippen MR) is 130 cm³/mol. The van der Waals surface area contributed by atoms with Crippen molar-refractivity contribution in [3.05, 3.63) is 70.5 Å². The number of aromatic nitrogens is 4. The van der Waals surface area contributed by atoms with Crippen molar-refractivity contribution in [3.63, 3.8) is 0 Å². The Hall–Kier alpha value is -2.87. The van der Waals surface area contributed by atoms with Crippen LogP contribution in [0.2, 0.25) is 10.0 Å².